The first-order valence-corrected chi connectivity index (χ1v) is 10.4. The lowest BCUT2D eigenvalue weighted by atomic mass is 10.2. The fourth-order valence-electron chi connectivity index (χ4n) is 2.17. The first-order valence-electron chi connectivity index (χ1n) is 8.55. The van der Waals surface area contributed by atoms with Crippen molar-refractivity contribution in [2.75, 3.05) is 19.8 Å². The summed E-state index contributed by atoms with van der Waals surface area (Å²) in [7, 11) is -3.04. The van der Waals surface area contributed by atoms with Crippen LogP contribution in [0.15, 0.2) is 12.8 Å². The van der Waals surface area contributed by atoms with Crippen molar-refractivity contribution in [2.45, 2.75) is 65.8 Å². The van der Waals surface area contributed by atoms with Crippen LogP contribution in [0.3, 0.4) is 0 Å². The summed E-state index contributed by atoms with van der Waals surface area (Å²) in [5, 5.41) is 2.83. The largest absolute Gasteiger partial charge is 0.524 e. The van der Waals surface area contributed by atoms with Crippen LogP contribution in [0.1, 0.15) is 48.0 Å². The SMILES string of the molecule is C=COC(C)C(C)OC(=O)NC(CC)[Si](OCC)(OCC)OCC. The lowest BCUT2D eigenvalue weighted by Gasteiger charge is -2.35. The molecule has 0 rings (SSSR count). The van der Waals surface area contributed by atoms with Crippen molar-refractivity contribution in [3.8, 4) is 0 Å². The van der Waals surface area contributed by atoms with Crippen LogP contribution in [0.4, 0.5) is 4.79 Å². The van der Waals surface area contributed by atoms with Gasteiger partial charge < -0.3 is 28.1 Å². The fourth-order valence-corrected chi connectivity index (χ4v) is 5.03. The molecule has 0 radical (unpaired) electrons. The number of carbonyl (C=O) groups excluding carboxylic acids is 1. The van der Waals surface area contributed by atoms with Gasteiger partial charge in [0.2, 0.25) is 0 Å². The van der Waals surface area contributed by atoms with Crippen molar-refractivity contribution in [1.29, 1.82) is 0 Å². The molecule has 142 valence electrons. The van der Waals surface area contributed by atoms with Crippen LogP contribution in [-0.2, 0) is 22.8 Å². The third kappa shape index (κ3) is 7.21. The van der Waals surface area contributed by atoms with Gasteiger partial charge in [0.25, 0.3) is 0 Å². The number of nitrogens with one attached hydrogen (secondary N) is 1. The Morgan fingerprint density at radius 2 is 1.54 bits per heavy atom. The highest BCUT2D eigenvalue weighted by Gasteiger charge is 2.49. The molecule has 8 heteroatoms. The predicted octanol–water partition coefficient (Wildman–Crippen LogP) is 3.02. The number of carbonyl (C=O) groups is 1. The molecule has 0 bridgehead atoms. The number of amides is 1. The van der Waals surface area contributed by atoms with Gasteiger partial charge in [-0.2, -0.15) is 0 Å². The van der Waals surface area contributed by atoms with E-state index in [-0.39, 0.29) is 11.8 Å². The van der Waals surface area contributed by atoms with Crippen LogP contribution in [-0.4, -0.2) is 52.6 Å². The topological polar surface area (TPSA) is 75.3 Å². The summed E-state index contributed by atoms with van der Waals surface area (Å²) >= 11 is 0. The zero-order valence-corrected chi connectivity index (χ0v) is 16.8. The molecule has 0 aromatic heterocycles. The molecule has 0 aliphatic carbocycles. The van der Waals surface area contributed by atoms with Gasteiger partial charge in [0.15, 0.2) is 0 Å². The second-order valence-corrected chi connectivity index (χ2v) is 7.90. The Labute approximate surface area is 147 Å². The molecule has 0 saturated carbocycles. The first kappa shape index (κ1) is 22.9. The number of ether oxygens (including phenoxy) is 2. The van der Waals surface area contributed by atoms with Gasteiger partial charge in [0.1, 0.15) is 17.9 Å². The van der Waals surface area contributed by atoms with Crippen molar-refractivity contribution in [3.05, 3.63) is 12.8 Å². The molecule has 3 atom stereocenters. The van der Waals surface area contributed by atoms with Crippen molar-refractivity contribution < 1.29 is 27.5 Å². The summed E-state index contributed by atoms with van der Waals surface area (Å²) in [6, 6.07) is 0. The zero-order valence-electron chi connectivity index (χ0n) is 15.8. The second kappa shape index (κ2) is 12.3. The molecule has 1 amide bonds. The minimum Gasteiger partial charge on any atom is -0.495 e. The molecule has 0 aromatic rings. The highest BCUT2D eigenvalue weighted by Crippen LogP contribution is 2.18. The van der Waals surface area contributed by atoms with Crippen molar-refractivity contribution in [1.82, 2.24) is 5.32 Å². The highest BCUT2D eigenvalue weighted by atomic mass is 28.4. The third-order valence-electron chi connectivity index (χ3n) is 3.43. The quantitative estimate of drug-likeness (QED) is 0.400. The maximum Gasteiger partial charge on any atom is 0.524 e. The molecule has 0 fully saturated rings. The minimum absolute atomic E-state index is 0.291. The van der Waals surface area contributed by atoms with E-state index in [1.807, 2.05) is 27.7 Å². The maximum absolute atomic E-state index is 12.2. The van der Waals surface area contributed by atoms with Crippen LogP contribution in [0, 0.1) is 0 Å². The molecule has 0 heterocycles. The van der Waals surface area contributed by atoms with Gasteiger partial charge in [0, 0.05) is 19.8 Å². The van der Waals surface area contributed by atoms with E-state index in [4.69, 9.17) is 22.8 Å². The molecule has 3 unspecified atom stereocenters. The normalized spacial score (nSPS) is 15.2. The smallest absolute Gasteiger partial charge is 0.495 e. The maximum atomic E-state index is 12.2. The lowest BCUT2D eigenvalue weighted by Crippen LogP contribution is -2.63. The van der Waals surface area contributed by atoms with E-state index < -0.39 is 21.0 Å². The average Bonchev–Trinajstić information content (AvgIpc) is 2.53. The molecular formula is C16H33NO6Si. The minimum atomic E-state index is -3.04. The second-order valence-electron chi connectivity index (χ2n) is 5.13. The molecule has 7 nitrogen and oxygen atoms in total. The predicted molar refractivity (Wildman–Crippen MR) is 94.5 cm³/mol. The van der Waals surface area contributed by atoms with Crippen LogP contribution in [0.25, 0.3) is 0 Å². The summed E-state index contributed by atoms with van der Waals surface area (Å²) in [5.41, 5.74) is -0.382. The standard InChI is InChI=1S/C16H33NO6Si/c1-8-15(24(20-10-3,21-11-4)22-12-5)17-16(18)23-14(7)13(6)19-9-2/h9,13-15H,2,8,10-12H2,1,3-7H3,(H,17,18). The van der Waals surface area contributed by atoms with Gasteiger partial charge in [-0.1, -0.05) is 13.5 Å². The number of alkyl carbamates (subject to hydrolysis) is 1. The van der Waals surface area contributed by atoms with Gasteiger partial charge in [-0.3, -0.25) is 0 Å². The monoisotopic (exact) mass is 363 g/mol. The van der Waals surface area contributed by atoms with Crippen molar-refractivity contribution in [2.24, 2.45) is 0 Å². The van der Waals surface area contributed by atoms with E-state index in [0.717, 1.165) is 0 Å². The summed E-state index contributed by atoms with van der Waals surface area (Å²) in [6.07, 6.45) is 0.664. The third-order valence-corrected chi connectivity index (χ3v) is 6.91. The number of hydrogen-bond acceptors (Lipinski definition) is 6. The Kier molecular flexibility index (Phi) is 11.7. The molecule has 0 saturated heterocycles. The summed E-state index contributed by atoms with van der Waals surface area (Å²) in [4.78, 5) is 12.2. The van der Waals surface area contributed by atoms with Crippen LogP contribution in [0.2, 0.25) is 0 Å². The Morgan fingerprint density at radius 3 is 1.92 bits per heavy atom. The fraction of sp³-hybridized carbons (Fsp3) is 0.812. The lowest BCUT2D eigenvalue weighted by molar-refractivity contribution is 0.0106. The van der Waals surface area contributed by atoms with Gasteiger partial charge in [-0.25, -0.2) is 4.79 Å². The summed E-state index contributed by atoms with van der Waals surface area (Å²) < 4.78 is 28.1. The van der Waals surface area contributed by atoms with Gasteiger partial charge in [-0.05, 0) is 41.0 Å². The van der Waals surface area contributed by atoms with E-state index in [0.29, 0.717) is 26.2 Å². The molecule has 1 N–H and O–H groups in total. The summed E-state index contributed by atoms with van der Waals surface area (Å²) in [6.45, 7) is 16.0. The van der Waals surface area contributed by atoms with Crippen LogP contribution in [0.5, 0.6) is 0 Å². The Morgan fingerprint density at radius 1 is 1.04 bits per heavy atom. The van der Waals surface area contributed by atoms with E-state index in [9.17, 15) is 4.79 Å². The molecular weight excluding hydrogens is 330 g/mol. The molecule has 0 aliphatic rings. The number of rotatable bonds is 13. The van der Waals surface area contributed by atoms with Crippen LogP contribution >= 0.6 is 0 Å². The van der Waals surface area contributed by atoms with E-state index >= 15 is 0 Å². The van der Waals surface area contributed by atoms with E-state index in [1.54, 1.807) is 13.8 Å². The van der Waals surface area contributed by atoms with Crippen molar-refractivity contribution >= 4 is 14.9 Å². The van der Waals surface area contributed by atoms with Crippen molar-refractivity contribution in [3.63, 3.8) is 0 Å². The van der Waals surface area contributed by atoms with E-state index in [1.165, 1.54) is 6.26 Å². The van der Waals surface area contributed by atoms with Gasteiger partial charge in [-0.15, -0.1) is 0 Å². The molecule has 0 aromatic carbocycles. The average molecular weight is 364 g/mol. The Hall–Kier alpha value is -1.09. The van der Waals surface area contributed by atoms with Gasteiger partial charge in [0.05, 0.1) is 6.26 Å². The first-order chi connectivity index (χ1) is 11.4. The number of hydrogen-bond donors (Lipinski definition) is 1. The Bertz CT molecular complexity index is 351. The zero-order chi connectivity index (χ0) is 18.6. The highest BCUT2D eigenvalue weighted by molar-refractivity contribution is 6.62. The Balaban J connectivity index is 5.00. The van der Waals surface area contributed by atoms with E-state index in [2.05, 4.69) is 11.9 Å². The molecule has 0 aliphatic heterocycles. The summed E-state index contributed by atoms with van der Waals surface area (Å²) in [5.74, 6) is 0. The van der Waals surface area contributed by atoms with Crippen LogP contribution < -0.4 is 5.32 Å². The molecule has 24 heavy (non-hydrogen) atoms. The van der Waals surface area contributed by atoms with Gasteiger partial charge >= 0.3 is 14.9 Å². The molecule has 0 spiro atoms.